The Bertz CT molecular complexity index is 50.9. The van der Waals surface area contributed by atoms with Crippen molar-refractivity contribution in [3.8, 4) is 0 Å². The molecule has 0 unspecified atom stereocenters. The normalized spacial score (nSPS) is 7.14. The summed E-state index contributed by atoms with van der Waals surface area (Å²) in [7, 11) is 0.817. The largest absolute Gasteiger partial charge is 0.696 e. The fourth-order valence-electron chi connectivity index (χ4n) is 0.0745. The summed E-state index contributed by atoms with van der Waals surface area (Å²) in [5.41, 5.74) is 0. The summed E-state index contributed by atoms with van der Waals surface area (Å²) in [4.78, 5) is 0. The summed E-state index contributed by atoms with van der Waals surface area (Å²) >= 11 is 0. The molecule has 0 saturated heterocycles. The van der Waals surface area contributed by atoms with Gasteiger partial charge in [-0.25, -0.2) is 0 Å². The topological polar surface area (TPSA) is 35.5 Å². The summed E-state index contributed by atoms with van der Waals surface area (Å²) in [6.45, 7) is 0. The molecule has 5 heteroatoms. The number of hydrogen-bond donors (Lipinski definition) is 0. The van der Waals surface area contributed by atoms with Crippen LogP contribution in [0.1, 0.15) is 0 Å². The zero-order valence-corrected chi connectivity index (χ0v) is 7.57. The molecule has 0 rings (SSSR count). The van der Waals surface area contributed by atoms with Gasteiger partial charge in [0.25, 0.3) is 0 Å². The third-order valence-corrected chi connectivity index (χ3v) is 0.894. The molecule has 0 fully saturated rings. The Balaban J connectivity index is 0. The molecule has 0 aromatic rings. The van der Waals surface area contributed by atoms with Crippen LogP contribution in [0.2, 0.25) is 0 Å². The zero-order valence-electron chi connectivity index (χ0n) is 4.67. The maximum atomic E-state index is 9.88. The van der Waals surface area contributed by atoms with Crippen LogP contribution in [0, 0.1) is 0 Å². The maximum absolute atomic E-state index is 9.88. The van der Waals surface area contributed by atoms with Crippen molar-refractivity contribution in [3.63, 3.8) is 0 Å². The van der Waals surface area contributed by atoms with Crippen molar-refractivity contribution in [2.45, 2.75) is 0 Å². The Labute approximate surface area is 65.6 Å². The minimum Gasteiger partial charge on any atom is -0.122 e. The predicted molar refractivity (Wildman–Crippen MR) is 27.4 cm³/mol. The quantitative estimate of drug-likeness (QED) is 0.406. The van der Waals surface area contributed by atoms with Crippen LogP contribution in [0.3, 0.4) is 0 Å². The first-order chi connectivity index (χ1) is 2.81. The van der Waals surface area contributed by atoms with Gasteiger partial charge in [-0.1, -0.05) is 0 Å². The van der Waals surface area contributed by atoms with Crippen molar-refractivity contribution >= 4 is 37.8 Å². The molecular formula is C2H6NaO3P+. The van der Waals surface area contributed by atoms with E-state index < -0.39 is 8.25 Å². The van der Waals surface area contributed by atoms with E-state index in [1.54, 1.807) is 0 Å². The predicted octanol–water partition coefficient (Wildman–Crippen LogP) is 0.556. The molecule has 37 valence electrons. The standard InChI is InChI=1S/C2H6O3P.Na/c1-4-6(3)5-2;/h1-2H3;/q+1;. The Kier molecular flexibility index (Phi) is 10.9. The SMILES string of the molecule is CO[P+](=O)OC.[Na]. The van der Waals surface area contributed by atoms with Crippen LogP contribution in [0.4, 0.5) is 0 Å². The van der Waals surface area contributed by atoms with Crippen LogP contribution in [0.25, 0.3) is 0 Å². The minimum atomic E-state index is -1.83. The first kappa shape index (κ1) is 10.9. The molecule has 7 heavy (non-hydrogen) atoms. The smallest absolute Gasteiger partial charge is 0.122 e. The molecule has 0 spiro atoms. The van der Waals surface area contributed by atoms with Gasteiger partial charge in [0.05, 0.1) is 14.2 Å². The van der Waals surface area contributed by atoms with E-state index in [9.17, 15) is 4.57 Å². The Hall–Kier alpha value is 1.02. The van der Waals surface area contributed by atoms with Crippen LogP contribution in [-0.4, -0.2) is 43.8 Å². The van der Waals surface area contributed by atoms with Gasteiger partial charge in [-0.2, -0.15) is 0 Å². The Morgan fingerprint density at radius 3 is 1.57 bits per heavy atom. The van der Waals surface area contributed by atoms with Crippen molar-refractivity contribution < 1.29 is 13.6 Å². The van der Waals surface area contributed by atoms with Crippen molar-refractivity contribution in [1.29, 1.82) is 0 Å². The molecule has 1 radical (unpaired) electrons. The fraction of sp³-hybridized carbons (Fsp3) is 1.00. The van der Waals surface area contributed by atoms with Gasteiger partial charge in [0.2, 0.25) is 0 Å². The summed E-state index contributed by atoms with van der Waals surface area (Å²) in [6.07, 6.45) is 0. The summed E-state index contributed by atoms with van der Waals surface area (Å²) in [5.74, 6) is 0. The summed E-state index contributed by atoms with van der Waals surface area (Å²) < 4.78 is 18.3. The summed E-state index contributed by atoms with van der Waals surface area (Å²) in [5, 5.41) is 0. The third-order valence-electron chi connectivity index (χ3n) is 0.298. The van der Waals surface area contributed by atoms with Crippen LogP contribution in [0.15, 0.2) is 0 Å². The molecule has 0 amide bonds. The average Bonchev–Trinajstić information content (AvgIpc) is 1.65. The van der Waals surface area contributed by atoms with Gasteiger partial charge in [0, 0.05) is 34.1 Å². The molecule has 0 aromatic carbocycles. The monoisotopic (exact) mass is 132 g/mol. The molecule has 0 aliphatic rings. The van der Waals surface area contributed by atoms with E-state index in [2.05, 4.69) is 9.05 Å². The molecular weight excluding hydrogens is 126 g/mol. The first-order valence-corrected chi connectivity index (χ1v) is 2.46. The van der Waals surface area contributed by atoms with Gasteiger partial charge in [-0.15, -0.1) is 9.05 Å². The van der Waals surface area contributed by atoms with Crippen molar-refractivity contribution in [2.75, 3.05) is 14.2 Å². The Morgan fingerprint density at radius 1 is 1.29 bits per heavy atom. The van der Waals surface area contributed by atoms with E-state index >= 15 is 0 Å². The molecule has 0 aromatic heterocycles. The van der Waals surface area contributed by atoms with Crippen molar-refractivity contribution in [1.82, 2.24) is 0 Å². The zero-order chi connectivity index (χ0) is 4.99. The molecule has 3 nitrogen and oxygen atoms in total. The second-order valence-electron chi connectivity index (χ2n) is 0.589. The van der Waals surface area contributed by atoms with Gasteiger partial charge >= 0.3 is 8.25 Å². The van der Waals surface area contributed by atoms with Gasteiger partial charge in [-0.3, -0.25) is 0 Å². The molecule has 0 saturated carbocycles. The maximum Gasteiger partial charge on any atom is 0.696 e. The number of hydrogen-bond acceptors (Lipinski definition) is 3. The molecule has 0 bridgehead atoms. The van der Waals surface area contributed by atoms with Gasteiger partial charge in [0.1, 0.15) is 0 Å². The van der Waals surface area contributed by atoms with Crippen LogP contribution >= 0.6 is 8.25 Å². The van der Waals surface area contributed by atoms with E-state index in [1.807, 2.05) is 0 Å². The molecule has 0 aliphatic heterocycles. The average molecular weight is 132 g/mol. The van der Waals surface area contributed by atoms with Gasteiger partial charge in [0.15, 0.2) is 0 Å². The second kappa shape index (κ2) is 7.02. The first-order valence-electron chi connectivity index (χ1n) is 1.36. The van der Waals surface area contributed by atoms with Crippen molar-refractivity contribution in [3.05, 3.63) is 0 Å². The van der Waals surface area contributed by atoms with Gasteiger partial charge < -0.3 is 0 Å². The van der Waals surface area contributed by atoms with E-state index in [-0.39, 0.29) is 29.6 Å². The molecule has 0 aliphatic carbocycles. The minimum absolute atomic E-state index is 0. The van der Waals surface area contributed by atoms with E-state index in [1.165, 1.54) is 14.2 Å². The van der Waals surface area contributed by atoms with E-state index in [0.717, 1.165) is 0 Å². The van der Waals surface area contributed by atoms with E-state index in [4.69, 9.17) is 0 Å². The van der Waals surface area contributed by atoms with Crippen LogP contribution in [0.5, 0.6) is 0 Å². The summed E-state index contributed by atoms with van der Waals surface area (Å²) in [6, 6.07) is 0. The third kappa shape index (κ3) is 7.02. The van der Waals surface area contributed by atoms with Crippen LogP contribution in [-0.2, 0) is 13.6 Å². The van der Waals surface area contributed by atoms with Crippen molar-refractivity contribution in [2.24, 2.45) is 0 Å². The fourth-order valence-corrected chi connectivity index (χ4v) is 0.224. The van der Waals surface area contributed by atoms with Gasteiger partial charge in [-0.05, 0) is 0 Å². The van der Waals surface area contributed by atoms with E-state index in [0.29, 0.717) is 0 Å². The second-order valence-corrected chi connectivity index (χ2v) is 1.77. The molecule has 0 heterocycles. The molecule has 0 atom stereocenters. The Morgan fingerprint density at radius 2 is 1.57 bits per heavy atom. The number of rotatable bonds is 2. The molecule has 0 N–H and O–H groups in total. The van der Waals surface area contributed by atoms with Crippen LogP contribution < -0.4 is 0 Å².